The van der Waals surface area contributed by atoms with Gasteiger partial charge in [-0.2, -0.15) is 5.10 Å². The average molecular weight is 432 g/mol. The number of pyridine rings is 2. The standard InChI is InChI=1S/C22H14ClN5O3/c23-18-8-7-14(10-21(18)28(30)31)12-25-27-22(29)17-11-20(15-4-3-9-24-13-15)26-19-6-2-1-5-16(17)19/h1-13H,(H,27,29). The third-order valence-corrected chi connectivity index (χ3v) is 4.78. The summed E-state index contributed by atoms with van der Waals surface area (Å²) < 4.78 is 0. The molecule has 1 amide bonds. The maximum absolute atomic E-state index is 12.9. The van der Waals surface area contributed by atoms with Crippen LogP contribution < -0.4 is 5.43 Å². The fraction of sp³-hybridized carbons (Fsp3) is 0. The molecule has 152 valence electrons. The molecule has 0 bridgehead atoms. The lowest BCUT2D eigenvalue weighted by molar-refractivity contribution is -0.384. The van der Waals surface area contributed by atoms with Crippen molar-refractivity contribution in [2.45, 2.75) is 0 Å². The predicted octanol–water partition coefficient (Wildman–Crippen LogP) is 4.62. The highest BCUT2D eigenvalue weighted by molar-refractivity contribution is 6.32. The van der Waals surface area contributed by atoms with E-state index >= 15 is 0 Å². The molecular weight excluding hydrogens is 418 g/mol. The summed E-state index contributed by atoms with van der Waals surface area (Å²) in [5.74, 6) is -0.441. The normalized spacial score (nSPS) is 11.0. The fourth-order valence-electron chi connectivity index (χ4n) is 3.00. The molecule has 31 heavy (non-hydrogen) atoms. The maximum Gasteiger partial charge on any atom is 0.288 e. The number of halogens is 1. The van der Waals surface area contributed by atoms with Crippen LogP contribution in [0, 0.1) is 10.1 Å². The summed E-state index contributed by atoms with van der Waals surface area (Å²) in [5.41, 5.74) is 5.09. The van der Waals surface area contributed by atoms with Crippen molar-refractivity contribution in [1.29, 1.82) is 0 Å². The first-order chi connectivity index (χ1) is 15.0. The van der Waals surface area contributed by atoms with Gasteiger partial charge >= 0.3 is 0 Å². The summed E-state index contributed by atoms with van der Waals surface area (Å²) >= 11 is 5.81. The monoisotopic (exact) mass is 431 g/mol. The van der Waals surface area contributed by atoms with E-state index in [1.54, 1.807) is 36.7 Å². The minimum Gasteiger partial charge on any atom is -0.267 e. The average Bonchev–Trinajstić information content (AvgIpc) is 2.79. The lowest BCUT2D eigenvalue weighted by Gasteiger charge is -2.08. The van der Waals surface area contributed by atoms with Gasteiger partial charge in [0.2, 0.25) is 0 Å². The zero-order valence-corrected chi connectivity index (χ0v) is 16.7. The molecule has 2 heterocycles. The second-order valence-electron chi connectivity index (χ2n) is 6.48. The van der Waals surface area contributed by atoms with Gasteiger partial charge < -0.3 is 0 Å². The number of aromatic nitrogens is 2. The molecule has 2 aromatic carbocycles. The van der Waals surface area contributed by atoms with Crippen molar-refractivity contribution in [3.05, 3.63) is 99.3 Å². The Morgan fingerprint density at radius 3 is 2.74 bits per heavy atom. The molecule has 0 saturated carbocycles. The van der Waals surface area contributed by atoms with Gasteiger partial charge in [0, 0.05) is 35.0 Å². The minimum atomic E-state index is -0.582. The van der Waals surface area contributed by atoms with E-state index in [0.29, 0.717) is 27.7 Å². The molecule has 4 aromatic rings. The van der Waals surface area contributed by atoms with Gasteiger partial charge in [-0.25, -0.2) is 10.4 Å². The second-order valence-corrected chi connectivity index (χ2v) is 6.89. The quantitative estimate of drug-likeness (QED) is 0.281. The Labute approximate surface area is 181 Å². The number of nitrogens with one attached hydrogen (secondary N) is 1. The number of nitro groups is 1. The first-order valence-electron chi connectivity index (χ1n) is 9.10. The van der Waals surface area contributed by atoms with Crippen LogP contribution in [0.2, 0.25) is 5.02 Å². The molecule has 0 aliphatic rings. The number of hydrazone groups is 1. The van der Waals surface area contributed by atoms with E-state index in [0.717, 1.165) is 5.56 Å². The third kappa shape index (κ3) is 4.39. The zero-order chi connectivity index (χ0) is 21.8. The third-order valence-electron chi connectivity index (χ3n) is 4.46. The Balaban J connectivity index is 1.64. The largest absolute Gasteiger partial charge is 0.288 e. The molecule has 0 aliphatic heterocycles. The zero-order valence-electron chi connectivity index (χ0n) is 15.9. The molecule has 4 rings (SSSR count). The van der Waals surface area contributed by atoms with E-state index in [9.17, 15) is 14.9 Å². The summed E-state index contributed by atoms with van der Waals surface area (Å²) in [7, 11) is 0. The Bertz CT molecular complexity index is 1330. The molecule has 0 spiro atoms. The number of hydrogen-bond acceptors (Lipinski definition) is 6. The highest BCUT2D eigenvalue weighted by atomic mass is 35.5. The fourth-order valence-corrected chi connectivity index (χ4v) is 3.19. The smallest absolute Gasteiger partial charge is 0.267 e. The van der Waals surface area contributed by atoms with Crippen molar-refractivity contribution in [2.75, 3.05) is 0 Å². The van der Waals surface area contributed by atoms with Crippen molar-refractivity contribution in [3.63, 3.8) is 0 Å². The first kappa shape index (κ1) is 20.1. The number of hydrogen-bond donors (Lipinski definition) is 1. The van der Waals surface area contributed by atoms with Gasteiger partial charge in [0.1, 0.15) is 5.02 Å². The van der Waals surface area contributed by atoms with Crippen molar-refractivity contribution in [3.8, 4) is 11.3 Å². The highest BCUT2D eigenvalue weighted by Crippen LogP contribution is 2.25. The van der Waals surface area contributed by atoms with E-state index in [-0.39, 0.29) is 10.7 Å². The number of carbonyl (C=O) groups excluding carboxylic acids is 1. The number of fused-ring (bicyclic) bond motifs is 1. The van der Waals surface area contributed by atoms with Gasteiger partial charge in [-0.15, -0.1) is 0 Å². The van der Waals surface area contributed by atoms with Crippen LogP contribution in [0.1, 0.15) is 15.9 Å². The number of nitrogens with zero attached hydrogens (tertiary/aromatic N) is 4. The summed E-state index contributed by atoms with van der Waals surface area (Å²) in [6.07, 6.45) is 4.64. The topological polar surface area (TPSA) is 110 Å². The van der Waals surface area contributed by atoms with Crippen LogP contribution in [-0.4, -0.2) is 27.0 Å². The van der Waals surface area contributed by atoms with Gasteiger partial charge in [0.05, 0.1) is 27.9 Å². The lowest BCUT2D eigenvalue weighted by atomic mass is 10.0. The first-order valence-corrected chi connectivity index (χ1v) is 9.48. The van der Waals surface area contributed by atoms with Gasteiger partial charge in [-0.3, -0.25) is 19.9 Å². The Morgan fingerprint density at radius 2 is 1.97 bits per heavy atom. The van der Waals surface area contributed by atoms with Crippen molar-refractivity contribution < 1.29 is 9.72 Å². The van der Waals surface area contributed by atoms with E-state index in [1.807, 2.05) is 24.3 Å². The van der Waals surface area contributed by atoms with Crippen molar-refractivity contribution in [1.82, 2.24) is 15.4 Å². The maximum atomic E-state index is 12.9. The molecule has 0 aliphatic carbocycles. The Morgan fingerprint density at radius 1 is 1.13 bits per heavy atom. The summed E-state index contributed by atoms with van der Waals surface area (Å²) in [6, 6.07) is 16.9. The number of para-hydroxylation sites is 1. The van der Waals surface area contributed by atoms with E-state index in [2.05, 4.69) is 20.5 Å². The van der Waals surface area contributed by atoms with Crippen molar-refractivity contribution >= 4 is 40.3 Å². The predicted molar refractivity (Wildman–Crippen MR) is 118 cm³/mol. The van der Waals surface area contributed by atoms with Crippen LogP contribution in [0.3, 0.4) is 0 Å². The summed E-state index contributed by atoms with van der Waals surface area (Å²) in [5, 5.41) is 15.6. The van der Waals surface area contributed by atoms with Crippen LogP contribution in [0.25, 0.3) is 22.2 Å². The number of benzene rings is 2. The molecule has 0 saturated heterocycles. The van der Waals surface area contributed by atoms with Crippen LogP contribution in [0.15, 0.2) is 78.2 Å². The van der Waals surface area contributed by atoms with E-state index in [1.165, 1.54) is 18.3 Å². The number of nitro benzene ring substituents is 1. The lowest BCUT2D eigenvalue weighted by Crippen LogP contribution is -2.18. The molecule has 1 N–H and O–H groups in total. The number of amides is 1. The van der Waals surface area contributed by atoms with Crippen LogP contribution in [0.4, 0.5) is 5.69 Å². The van der Waals surface area contributed by atoms with Gasteiger partial charge in [-0.1, -0.05) is 35.9 Å². The molecule has 0 atom stereocenters. The highest BCUT2D eigenvalue weighted by Gasteiger charge is 2.14. The summed E-state index contributed by atoms with van der Waals surface area (Å²) in [4.78, 5) is 32.0. The summed E-state index contributed by atoms with van der Waals surface area (Å²) in [6.45, 7) is 0. The van der Waals surface area contributed by atoms with Crippen LogP contribution in [0.5, 0.6) is 0 Å². The SMILES string of the molecule is O=C(NN=Cc1ccc(Cl)c([N+](=O)[O-])c1)c1cc(-c2cccnc2)nc2ccccc12. The molecule has 0 radical (unpaired) electrons. The Hall–Kier alpha value is -4.17. The minimum absolute atomic E-state index is 0.0253. The molecule has 9 heteroatoms. The van der Waals surface area contributed by atoms with Gasteiger partial charge in [0.15, 0.2) is 0 Å². The number of rotatable bonds is 5. The molecule has 0 fully saturated rings. The van der Waals surface area contributed by atoms with E-state index < -0.39 is 10.8 Å². The van der Waals surface area contributed by atoms with Crippen molar-refractivity contribution in [2.24, 2.45) is 5.10 Å². The van der Waals surface area contributed by atoms with E-state index in [4.69, 9.17) is 11.6 Å². The molecule has 2 aromatic heterocycles. The van der Waals surface area contributed by atoms with Crippen LogP contribution >= 0.6 is 11.6 Å². The second kappa shape index (κ2) is 8.68. The van der Waals surface area contributed by atoms with Crippen LogP contribution in [-0.2, 0) is 0 Å². The van der Waals surface area contributed by atoms with Gasteiger partial charge in [-0.05, 0) is 30.3 Å². The molecular formula is C22H14ClN5O3. The molecule has 0 unspecified atom stereocenters. The Kier molecular flexibility index (Phi) is 5.63. The van der Waals surface area contributed by atoms with Gasteiger partial charge in [0.25, 0.3) is 11.6 Å². The number of carbonyl (C=O) groups is 1. The molecule has 8 nitrogen and oxygen atoms in total.